The van der Waals surface area contributed by atoms with E-state index < -0.39 is 0 Å². The Morgan fingerprint density at radius 3 is 2.75 bits per heavy atom. The van der Waals surface area contributed by atoms with Crippen molar-refractivity contribution in [3.05, 3.63) is 29.8 Å². The molecule has 24 heavy (non-hydrogen) atoms. The quantitative estimate of drug-likeness (QED) is 0.339. The van der Waals surface area contributed by atoms with Gasteiger partial charge in [-0.15, -0.1) is 24.0 Å². The molecule has 0 fully saturated rings. The molecule has 1 heterocycles. The Morgan fingerprint density at radius 1 is 1.25 bits per heavy atom. The summed E-state index contributed by atoms with van der Waals surface area (Å²) in [6.07, 6.45) is 1.90. The van der Waals surface area contributed by atoms with Crippen LogP contribution in [-0.2, 0) is 11.2 Å². The van der Waals surface area contributed by atoms with E-state index in [1.807, 2.05) is 32.0 Å². The van der Waals surface area contributed by atoms with Gasteiger partial charge in [-0.3, -0.25) is 4.79 Å². The second-order valence-corrected chi connectivity index (χ2v) is 5.48. The third-order valence-corrected chi connectivity index (χ3v) is 3.51. The molecule has 0 aliphatic carbocycles. The van der Waals surface area contributed by atoms with Crippen molar-refractivity contribution in [1.82, 2.24) is 16.0 Å². The fraction of sp³-hybridized carbons (Fsp3) is 0.529. The van der Waals surface area contributed by atoms with Crippen molar-refractivity contribution in [2.45, 2.75) is 32.8 Å². The van der Waals surface area contributed by atoms with E-state index in [-0.39, 0.29) is 42.5 Å². The summed E-state index contributed by atoms with van der Waals surface area (Å²) in [4.78, 5) is 15.9. The number of guanidine groups is 1. The second-order valence-electron chi connectivity index (χ2n) is 5.48. The predicted octanol–water partition coefficient (Wildman–Crippen LogP) is 1.69. The van der Waals surface area contributed by atoms with Crippen LogP contribution >= 0.6 is 24.0 Å². The normalized spacial score (nSPS) is 15.8. The zero-order valence-corrected chi connectivity index (χ0v) is 16.6. The van der Waals surface area contributed by atoms with E-state index >= 15 is 0 Å². The van der Waals surface area contributed by atoms with Crippen molar-refractivity contribution < 1.29 is 9.53 Å². The molecule has 6 nitrogen and oxygen atoms in total. The van der Waals surface area contributed by atoms with Crippen LogP contribution in [0.25, 0.3) is 0 Å². The lowest BCUT2D eigenvalue weighted by atomic mass is 10.1. The first-order chi connectivity index (χ1) is 11.2. The van der Waals surface area contributed by atoms with Gasteiger partial charge in [0.2, 0.25) is 5.91 Å². The summed E-state index contributed by atoms with van der Waals surface area (Å²) in [6.45, 7) is 6.23. The van der Waals surface area contributed by atoms with Crippen LogP contribution in [-0.4, -0.2) is 44.1 Å². The van der Waals surface area contributed by atoms with Crippen LogP contribution in [0.4, 0.5) is 0 Å². The molecule has 134 valence electrons. The SMILES string of the molecule is CCCNC(=O)CN=C(NCC)NCC1Cc2ccccc2O1.I. The highest BCUT2D eigenvalue weighted by Crippen LogP contribution is 2.27. The number of ether oxygens (including phenoxy) is 1. The first kappa shape index (κ1) is 20.5. The van der Waals surface area contributed by atoms with Crippen LogP contribution < -0.4 is 20.7 Å². The van der Waals surface area contributed by atoms with Crippen molar-refractivity contribution in [1.29, 1.82) is 0 Å². The molecule has 1 aromatic rings. The van der Waals surface area contributed by atoms with E-state index in [1.165, 1.54) is 5.56 Å². The molecule has 3 N–H and O–H groups in total. The maximum Gasteiger partial charge on any atom is 0.241 e. The molecule has 1 unspecified atom stereocenters. The molecular formula is C17H27IN4O2. The number of halogens is 1. The molecule has 0 radical (unpaired) electrons. The molecule has 0 saturated heterocycles. The Balaban J connectivity index is 0.00000288. The van der Waals surface area contributed by atoms with E-state index in [4.69, 9.17) is 4.74 Å². The molecule has 1 atom stereocenters. The number of nitrogens with zero attached hydrogens (tertiary/aromatic N) is 1. The number of hydrogen-bond donors (Lipinski definition) is 3. The molecular weight excluding hydrogens is 419 g/mol. The molecule has 1 aliphatic rings. The Bertz CT molecular complexity index is 526. The summed E-state index contributed by atoms with van der Waals surface area (Å²) in [5.74, 6) is 1.53. The number of fused-ring (bicyclic) bond motifs is 1. The maximum atomic E-state index is 11.6. The number of nitrogens with one attached hydrogen (secondary N) is 3. The number of amides is 1. The van der Waals surface area contributed by atoms with Crippen molar-refractivity contribution in [3.8, 4) is 5.75 Å². The Hall–Kier alpha value is -1.51. The van der Waals surface area contributed by atoms with Gasteiger partial charge in [-0.05, 0) is 25.0 Å². The van der Waals surface area contributed by atoms with Crippen LogP contribution in [0.5, 0.6) is 5.75 Å². The zero-order valence-electron chi connectivity index (χ0n) is 14.3. The zero-order chi connectivity index (χ0) is 16.5. The van der Waals surface area contributed by atoms with Crippen molar-refractivity contribution in [3.63, 3.8) is 0 Å². The maximum absolute atomic E-state index is 11.6. The first-order valence-corrected chi connectivity index (χ1v) is 8.26. The second kappa shape index (κ2) is 11.1. The van der Waals surface area contributed by atoms with Crippen LogP contribution in [0.15, 0.2) is 29.3 Å². The van der Waals surface area contributed by atoms with Gasteiger partial charge in [0.25, 0.3) is 0 Å². The number of benzene rings is 1. The molecule has 2 rings (SSSR count). The van der Waals surface area contributed by atoms with Gasteiger partial charge in [0.15, 0.2) is 5.96 Å². The largest absolute Gasteiger partial charge is 0.488 e. The number of para-hydroxylation sites is 1. The summed E-state index contributed by atoms with van der Waals surface area (Å²) < 4.78 is 5.89. The molecule has 1 aliphatic heterocycles. The Morgan fingerprint density at radius 2 is 2.04 bits per heavy atom. The van der Waals surface area contributed by atoms with Crippen LogP contribution in [0.2, 0.25) is 0 Å². The third-order valence-electron chi connectivity index (χ3n) is 3.51. The first-order valence-electron chi connectivity index (χ1n) is 8.26. The van der Waals surface area contributed by atoms with Crippen LogP contribution in [0, 0.1) is 0 Å². The molecule has 1 aromatic carbocycles. The molecule has 0 spiro atoms. The van der Waals surface area contributed by atoms with Gasteiger partial charge in [0.1, 0.15) is 18.4 Å². The van der Waals surface area contributed by atoms with E-state index in [0.717, 1.165) is 25.1 Å². The highest BCUT2D eigenvalue weighted by Gasteiger charge is 2.22. The number of aliphatic imine (C=N–C) groups is 1. The lowest BCUT2D eigenvalue weighted by Crippen LogP contribution is -2.43. The van der Waals surface area contributed by atoms with Crippen molar-refractivity contribution >= 4 is 35.8 Å². The van der Waals surface area contributed by atoms with Gasteiger partial charge in [-0.1, -0.05) is 25.1 Å². The van der Waals surface area contributed by atoms with E-state index in [1.54, 1.807) is 0 Å². The lowest BCUT2D eigenvalue weighted by molar-refractivity contribution is -0.119. The topological polar surface area (TPSA) is 74.8 Å². The fourth-order valence-corrected chi connectivity index (χ4v) is 2.39. The number of rotatable bonds is 7. The van der Waals surface area contributed by atoms with E-state index in [9.17, 15) is 4.79 Å². The van der Waals surface area contributed by atoms with Crippen LogP contribution in [0.1, 0.15) is 25.8 Å². The summed E-state index contributed by atoms with van der Waals surface area (Å²) >= 11 is 0. The summed E-state index contributed by atoms with van der Waals surface area (Å²) in [7, 11) is 0. The average molecular weight is 446 g/mol. The van der Waals surface area contributed by atoms with Gasteiger partial charge in [0, 0.05) is 19.5 Å². The minimum Gasteiger partial charge on any atom is -0.488 e. The monoisotopic (exact) mass is 446 g/mol. The number of carbonyl (C=O) groups is 1. The Kier molecular flexibility index (Phi) is 9.51. The van der Waals surface area contributed by atoms with Gasteiger partial charge in [-0.25, -0.2) is 4.99 Å². The molecule has 0 aromatic heterocycles. The average Bonchev–Trinajstić information content (AvgIpc) is 2.98. The molecule has 0 saturated carbocycles. The molecule has 1 amide bonds. The number of carbonyl (C=O) groups excluding carboxylic acids is 1. The number of hydrogen-bond acceptors (Lipinski definition) is 3. The van der Waals surface area contributed by atoms with Crippen molar-refractivity contribution in [2.75, 3.05) is 26.2 Å². The summed E-state index contributed by atoms with van der Waals surface area (Å²) in [5.41, 5.74) is 1.24. The van der Waals surface area contributed by atoms with Gasteiger partial charge < -0.3 is 20.7 Å². The predicted molar refractivity (Wildman–Crippen MR) is 107 cm³/mol. The fourth-order valence-electron chi connectivity index (χ4n) is 2.39. The van der Waals surface area contributed by atoms with E-state index in [0.29, 0.717) is 19.0 Å². The van der Waals surface area contributed by atoms with E-state index in [2.05, 4.69) is 27.0 Å². The summed E-state index contributed by atoms with van der Waals surface area (Å²) in [5, 5.41) is 9.20. The Labute approximate surface area is 160 Å². The highest BCUT2D eigenvalue weighted by atomic mass is 127. The van der Waals surface area contributed by atoms with Crippen molar-refractivity contribution in [2.24, 2.45) is 4.99 Å². The molecule has 0 bridgehead atoms. The summed E-state index contributed by atoms with van der Waals surface area (Å²) in [6, 6.07) is 8.09. The minimum absolute atomic E-state index is 0. The van der Waals surface area contributed by atoms with Gasteiger partial charge in [0.05, 0.1) is 6.54 Å². The lowest BCUT2D eigenvalue weighted by Gasteiger charge is -2.15. The van der Waals surface area contributed by atoms with Crippen LogP contribution in [0.3, 0.4) is 0 Å². The smallest absolute Gasteiger partial charge is 0.241 e. The van der Waals surface area contributed by atoms with Gasteiger partial charge in [-0.2, -0.15) is 0 Å². The third kappa shape index (κ3) is 6.54. The van der Waals surface area contributed by atoms with Gasteiger partial charge >= 0.3 is 0 Å². The standard InChI is InChI=1S/C17H26N4O2.HI/c1-3-9-19-16(22)12-21-17(18-4-2)20-11-14-10-13-7-5-6-8-15(13)23-14;/h5-8,14H,3-4,9-12H2,1-2H3,(H,19,22)(H2,18,20,21);1H. The molecule has 7 heteroatoms. The minimum atomic E-state index is -0.0615. The highest BCUT2D eigenvalue weighted by molar-refractivity contribution is 14.0.